The zero-order chi connectivity index (χ0) is 11.4. The number of hydrogen-bond donors (Lipinski definition) is 2. The second kappa shape index (κ2) is 5.18. The van der Waals surface area contributed by atoms with Crippen LogP contribution in [0.4, 0.5) is 11.4 Å². The van der Waals surface area contributed by atoms with E-state index in [2.05, 4.69) is 17.0 Å². The summed E-state index contributed by atoms with van der Waals surface area (Å²) >= 11 is 0. The van der Waals surface area contributed by atoms with Gasteiger partial charge >= 0.3 is 0 Å². The van der Waals surface area contributed by atoms with Crippen LogP contribution in [0.5, 0.6) is 0 Å². The van der Waals surface area contributed by atoms with Gasteiger partial charge in [-0.15, -0.1) is 0 Å². The molecule has 4 N–H and O–H groups in total. The minimum Gasteiger partial charge on any atom is -0.399 e. The topological polar surface area (TPSA) is 64.5 Å². The molecule has 4 nitrogen and oxygen atoms in total. The zero-order valence-electron chi connectivity index (χ0n) is 9.48. The Morgan fingerprint density at radius 3 is 2.69 bits per heavy atom. The predicted molar refractivity (Wildman–Crippen MR) is 66.6 cm³/mol. The maximum absolute atomic E-state index is 5.91. The van der Waals surface area contributed by atoms with Crippen LogP contribution in [0.1, 0.15) is 5.56 Å². The van der Waals surface area contributed by atoms with Crippen molar-refractivity contribution in [3.05, 3.63) is 23.8 Å². The maximum Gasteiger partial charge on any atom is 0.0642 e. The first kappa shape index (κ1) is 11.2. The van der Waals surface area contributed by atoms with Crippen molar-refractivity contribution in [2.75, 3.05) is 43.5 Å². The second-order valence-corrected chi connectivity index (χ2v) is 4.02. The SMILES string of the molecule is NCCc1cc(N2CCOCC2)ccc1N. The zero-order valence-corrected chi connectivity index (χ0v) is 9.48. The van der Waals surface area contributed by atoms with Crippen LogP contribution in [-0.2, 0) is 11.2 Å². The van der Waals surface area contributed by atoms with Crippen LogP contribution in [0, 0.1) is 0 Å². The third-order valence-corrected chi connectivity index (χ3v) is 2.92. The summed E-state index contributed by atoms with van der Waals surface area (Å²) in [4.78, 5) is 2.32. The molecule has 0 aromatic heterocycles. The minimum absolute atomic E-state index is 0.636. The van der Waals surface area contributed by atoms with Gasteiger partial charge < -0.3 is 21.1 Å². The summed E-state index contributed by atoms with van der Waals surface area (Å²) in [6.45, 7) is 4.14. The van der Waals surface area contributed by atoms with Crippen LogP contribution >= 0.6 is 0 Å². The quantitative estimate of drug-likeness (QED) is 0.734. The highest BCUT2D eigenvalue weighted by molar-refractivity contribution is 5.58. The third kappa shape index (κ3) is 2.46. The summed E-state index contributed by atoms with van der Waals surface area (Å²) in [6, 6.07) is 6.18. The molecule has 0 unspecified atom stereocenters. The van der Waals surface area contributed by atoms with Gasteiger partial charge in [-0.2, -0.15) is 0 Å². The summed E-state index contributed by atoms with van der Waals surface area (Å²) in [5.74, 6) is 0. The molecule has 4 heteroatoms. The van der Waals surface area contributed by atoms with Gasteiger partial charge in [0, 0.05) is 24.5 Å². The molecule has 1 saturated heterocycles. The van der Waals surface area contributed by atoms with Crippen molar-refractivity contribution in [1.29, 1.82) is 0 Å². The monoisotopic (exact) mass is 221 g/mol. The van der Waals surface area contributed by atoms with E-state index < -0.39 is 0 Å². The maximum atomic E-state index is 5.91. The molecular formula is C12H19N3O. The average molecular weight is 221 g/mol. The fraction of sp³-hybridized carbons (Fsp3) is 0.500. The molecule has 1 aliphatic heterocycles. The third-order valence-electron chi connectivity index (χ3n) is 2.92. The van der Waals surface area contributed by atoms with Crippen molar-refractivity contribution >= 4 is 11.4 Å². The second-order valence-electron chi connectivity index (χ2n) is 4.02. The highest BCUT2D eigenvalue weighted by Crippen LogP contribution is 2.22. The first-order valence-corrected chi connectivity index (χ1v) is 5.72. The Morgan fingerprint density at radius 2 is 2.00 bits per heavy atom. The molecule has 1 heterocycles. The van der Waals surface area contributed by atoms with Gasteiger partial charge in [0.05, 0.1) is 13.2 Å². The van der Waals surface area contributed by atoms with Crippen molar-refractivity contribution in [3.63, 3.8) is 0 Å². The normalized spacial score (nSPS) is 16.4. The van der Waals surface area contributed by atoms with E-state index in [1.54, 1.807) is 0 Å². The molecule has 0 aliphatic carbocycles. The Balaban J connectivity index is 2.17. The fourth-order valence-corrected chi connectivity index (χ4v) is 1.98. The summed E-state index contributed by atoms with van der Waals surface area (Å²) in [5.41, 5.74) is 14.7. The van der Waals surface area contributed by atoms with E-state index in [0.29, 0.717) is 6.54 Å². The van der Waals surface area contributed by atoms with E-state index in [1.165, 1.54) is 5.69 Å². The van der Waals surface area contributed by atoms with Gasteiger partial charge in [0.25, 0.3) is 0 Å². The average Bonchev–Trinajstić information content (AvgIpc) is 2.33. The first-order valence-electron chi connectivity index (χ1n) is 5.72. The molecule has 0 amide bonds. The van der Waals surface area contributed by atoms with Gasteiger partial charge in [0.15, 0.2) is 0 Å². The Bertz CT molecular complexity index is 348. The molecule has 1 fully saturated rings. The predicted octanol–water partition coefficient (Wildman–Crippen LogP) is 0.607. The van der Waals surface area contributed by atoms with E-state index in [9.17, 15) is 0 Å². The number of hydrogen-bond acceptors (Lipinski definition) is 4. The van der Waals surface area contributed by atoms with E-state index in [1.807, 2.05) is 6.07 Å². The van der Waals surface area contributed by atoms with Gasteiger partial charge in [0.1, 0.15) is 0 Å². The molecule has 0 bridgehead atoms. The van der Waals surface area contributed by atoms with Crippen LogP contribution in [0.2, 0.25) is 0 Å². The smallest absolute Gasteiger partial charge is 0.0642 e. The Hall–Kier alpha value is -1.26. The van der Waals surface area contributed by atoms with Gasteiger partial charge in [-0.1, -0.05) is 0 Å². The van der Waals surface area contributed by atoms with E-state index in [4.69, 9.17) is 16.2 Å². The molecule has 16 heavy (non-hydrogen) atoms. The lowest BCUT2D eigenvalue weighted by Crippen LogP contribution is -2.36. The van der Waals surface area contributed by atoms with Crippen LogP contribution in [0.25, 0.3) is 0 Å². The molecule has 0 spiro atoms. The lowest BCUT2D eigenvalue weighted by molar-refractivity contribution is 0.122. The van der Waals surface area contributed by atoms with Crippen LogP contribution in [-0.4, -0.2) is 32.8 Å². The van der Waals surface area contributed by atoms with Gasteiger partial charge in [-0.25, -0.2) is 0 Å². The summed E-state index contributed by atoms with van der Waals surface area (Å²) in [7, 11) is 0. The summed E-state index contributed by atoms with van der Waals surface area (Å²) < 4.78 is 5.34. The molecule has 0 atom stereocenters. The fourth-order valence-electron chi connectivity index (χ4n) is 1.98. The van der Waals surface area contributed by atoms with E-state index in [0.717, 1.165) is 44.0 Å². The molecule has 2 rings (SSSR count). The summed E-state index contributed by atoms with van der Waals surface area (Å²) in [5, 5.41) is 0. The molecular weight excluding hydrogens is 202 g/mol. The van der Waals surface area contributed by atoms with Crippen molar-refractivity contribution in [2.45, 2.75) is 6.42 Å². The van der Waals surface area contributed by atoms with Gasteiger partial charge in [-0.05, 0) is 36.7 Å². The van der Waals surface area contributed by atoms with Gasteiger partial charge in [-0.3, -0.25) is 0 Å². The molecule has 1 aromatic rings. The Morgan fingerprint density at radius 1 is 1.25 bits per heavy atom. The number of anilines is 2. The number of ether oxygens (including phenoxy) is 1. The number of benzene rings is 1. The largest absolute Gasteiger partial charge is 0.399 e. The summed E-state index contributed by atoms with van der Waals surface area (Å²) in [6.07, 6.45) is 0.837. The Labute approximate surface area is 96.2 Å². The number of nitrogens with zero attached hydrogens (tertiary/aromatic N) is 1. The van der Waals surface area contributed by atoms with Crippen LogP contribution in [0.3, 0.4) is 0 Å². The first-order chi connectivity index (χ1) is 7.81. The van der Waals surface area contributed by atoms with Crippen molar-refractivity contribution < 1.29 is 4.74 Å². The number of rotatable bonds is 3. The van der Waals surface area contributed by atoms with E-state index >= 15 is 0 Å². The molecule has 1 aromatic carbocycles. The Kier molecular flexibility index (Phi) is 3.64. The molecule has 88 valence electrons. The molecule has 1 aliphatic rings. The number of nitrogens with two attached hydrogens (primary N) is 2. The van der Waals surface area contributed by atoms with Crippen molar-refractivity contribution in [2.24, 2.45) is 5.73 Å². The van der Waals surface area contributed by atoms with Crippen LogP contribution in [0.15, 0.2) is 18.2 Å². The molecule has 0 saturated carbocycles. The lowest BCUT2D eigenvalue weighted by Gasteiger charge is -2.29. The van der Waals surface area contributed by atoms with E-state index in [-0.39, 0.29) is 0 Å². The molecule has 0 radical (unpaired) electrons. The number of nitrogen functional groups attached to an aromatic ring is 1. The highest BCUT2D eigenvalue weighted by Gasteiger charge is 2.12. The number of morpholine rings is 1. The lowest BCUT2D eigenvalue weighted by atomic mass is 10.1. The van der Waals surface area contributed by atoms with Crippen LogP contribution < -0.4 is 16.4 Å². The van der Waals surface area contributed by atoms with Gasteiger partial charge in [0.2, 0.25) is 0 Å². The van der Waals surface area contributed by atoms with Crippen molar-refractivity contribution in [3.8, 4) is 0 Å². The van der Waals surface area contributed by atoms with Crippen molar-refractivity contribution in [1.82, 2.24) is 0 Å². The minimum atomic E-state index is 0.636. The highest BCUT2D eigenvalue weighted by atomic mass is 16.5. The standard InChI is InChI=1S/C12H19N3O/c13-4-3-10-9-11(1-2-12(10)14)15-5-7-16-8-6-15/h1-2,9H,3-8,13-14H2.